The van der Waals surface area contributed by atoms with E-state index in [2.05, 4.69) is 48.9 Å². The standard InChI is InChI=1S/C16H25BrClNO/c1-11(2)8-16(10-20,9-12(3)4)19-13-5-6-15(18)14(17)7-13/h5-7,11-12,19-20H,8-10H2,1-4H3. The van der Waals surface area contributed by atoms with E-state index in [0.717, 1.165) is 23.0 Å². The van der Waals surface area contributed by atoms with Gasteiger partial charge in [0, 0.05) is 10.2 Å². The molecule has 0 aliphatic heterocycles. The van der Waals surface area contributed by atoms with E-state index in [1.165, 1.54) is 0 Å². The Balaban J connectivity index is 3.00. The third-order valence-corrected chi connectivity index (χ3v) is 4.44. The molecular formula is C16H25BrClNO. The van der Waals surface area contributed by atoms with Crippen molar-refractivity contribution in [1.29, 1.82) is 0 Å². The Bertz CT molecular complexity index is 424. The zero-order valence-electron chi connectivity index (χ0n) is 12.7. The molecule has 1 aromatic carbocycles. The van der Waals surface area contributed by atoms with E-state index in [1.807, 2.05) is 18.2 Å². The van der Waals surface area contributed by atoms with Crippen molar-refractivity contribution in [2.45, 2.75) is 46.1 Å². The summed E-state index contributed by atoms with van der Waals surface area (Å²) in [6.07, 6.45) is 1.86. The molecule has 0 heterocycles. The molecule has 0 amide bonds. The van der Waals surface area contributed by atoms with Gasteiger partial charge in [0.25, 0.3) is 0 Å². The normalized spacial score (nSPS) is 12.2. The van der Waals surface area contributed by atoms with Crippen LogP contribution < -0.4 is 5.32 Å². The van der Waals surface area contributed by atoms with E-state index in [4.69, 9.17) is 11.6 Å². The van der Waals surface area contributed by atoms with Gasteiger partial charge in [-0.3, -0.25) is 0 Å². The van der Waals surface area contributed by atoms with Gasteiger partial charge < -0.3 is 10.4 Å². The predicted molar refractivity (Wildman–Crippen MR) is 91.5 cm³/mol. The van der Waals surface area contributed by atoms with Crippen LogP contribution in [0.25, 0.3) is 0 Å². The summed E-state index contributed by atoms with van der Waals surface area (Å²) in [6, 6.07) is 5.78. The lowest BCUT2D eigenvalue weighted by molar-refractivity contribution is 0.168. The molecule has 0 saturated heterocycles. The number of rotatable bonds is 7. The highest BCUT2D eigenvalue weighted by atomic mass is 79.9. The van der Waals surface area contributed by atoms with Crippen LogP contribution in [0.15, 0.2) is 22.7 Å². The second-order valence-corrected chi connectivity index (χ2v) is 7.65. The highest BCUT2D eigenvalue weighted by molar-refractivity contribution is 9.10. The fourth-order valence-electron chi connectivity index (χ4n) is 2.80. The molecular weight excluding hydrogens is 338 g/mol. The number of nitrogens with one attached hydrogen (secondary N) is 1. The minimum absolute atomic E-state index is 0.129. The van der Waals surface area contributed by atoms with Gasteiger partial charge in [-0.15, -0.1) is 0 Å². The number of anilines is 1. The van der Waals surface area contributed by atoms with Crippen LogP contribution in [0.1, 0.15) is 40.5 Å². The summed E-state index contributed by atoms with van der Waals surface area (Å²) in [7, 11) is 0. The van der Waals surface area contributed by atoms with Gasteiger partial charge in [0.1, 0.15) is 0 Å². The van der Waals surface area contributed by atoms with Crippen molar-refractivity contribution < 1.29 is 5.11 Å². The monoisotopic (exact) mass is 361 g/mol. The van der Waals surface area contributed by atoms with E-state index in [9.17, 15) is 5.11 Å². The van der Waals surface area contributed by atoms with E-state index < -0.39 is 0 Å². The second-order valence-electron chi connectivity index (χ2n) is 6.39. The summed E-state index contributed by atoms with van der Waals surface area (Å²) < 4.78 is 0.866. The molecule has 114 valence electrons. The maximum absolute atomic E-state index is 9.96. The van der Waals surface area contributed by atoms with Crippen molar-refractivity contribution >= 4 is 33.2 Å². The summed E-state index contributed by atoms with van der Waals surface area (Å²) >= 11 is 9.47. The van der Waals surface area contributed by atoms with Gasteiger partial charge in [0.2, 0.25) is 0 Å². The lowest BCUT2D eigenvalue weighted by Gasteiger charge is -2.37. The van der Waals surface area contributed by atoms with Crippen molar-refractivity contribution in [1.82, 2.24) is 0 Å². The lowest BCUT2D eigenvalue weighted by Crippen LogP contribution is -2.44. The van der Waals surface area contributed by atoms with E-state index in [-0.39, 0.29) is 12.1 Å². The Kier molecular flexibility index (Phi) is 6.83. The molecule has 4 heteroatoms. The SMILES string of the molecule is CC(C)CC(CO)(CC(C)C)Nc1ccc(Cl)c(Br)c1. The molecule has 0 aliphatic rings. The molecule has 1 rings (SSSR count). The molecule has 0 fully saturated rings. The van der Waals surface area contributed by atoms with Crippen molar-refractivity contribution in [2.75, 3.05) is 11.9 Å². The van der Waals surface area contributed by atoms with E-state index in [0.29, 0.717) is 16.9 Å². The van der Waals surface area contributed by atoms with Crippen molar-refractivity contribution in [3.05, 3.63) is 27.7 Å². The highest BCUT2D eigenvalue weighted by Gasteiger charge is 2.31. The van der Waals surface area contributed by atoms with Crippen molar-refractivity contribution in [2.24, 2.45) is 11.8 Å². The minimum Gasteiger partial charge on any atom is -0.394 e. The number of aliphatic hydroxyl groups excluding tert-OH is 1. The number of halogens is 2. The molecule has 0 aromatic heterocycles. The summed E-state index contributed by atoms with van der Waals surface area (Å²) in [5.41, 5.74) is 0.701. The molecule has 0 unspecified atom stereocenters. The van der Waals surface area contributed by atoms with Crippen LogP contribution in [0.4, 0.5) is 5.69 Å². The van der Waals surface area contributed by atoms with E-state index >= 15 is 0 Å². The van der Waals surface area contributed by atoms with Gasteiger partial charge in [-0.05, 0) is 58.8 Å². The van der Waals surface area contributed by atoms with Crippen LogP contribution in [0.2, 0.25) is 5.02 Å². The smallest absolute Gasteiger partial charge is 0.0661 e. The molecule has 0 aliphatic carbocycles. The van der Waals surface area contributed by atoms with Crippen LogP contribution in [0.3, 0.4) is 0 Å². The fraction of sp³-hybridized carbons (Fsp3) is 0.625. The largest absolute Gasteiger partial charge is 0.394 e. The quantitative estimate of drug-likeness (QED) is 0.686. The van der Waals surface area contributed by atoms with E-state index in [1.54, 1.807) is 0 Å². The average molecular weight is 363 g/mol. The number of benzene rings is 1. The van der Waals surface area contributed by atoms with Crippen LogP contribution in [-0.4, -0.2) is 17.3 Å². The first-order chi connectivity index (χ1) is 9.28. The Morgan fingerprint density at radius 3 is 2.15 bits per heavy atom. The third kappa shape index (κ3) is 5.27. The fourth-order valence-corrected chi connectivity index (χ4v) is 3.29. The molecule has 1 aromatic rings. The summed E-state index contributed by atoms with van der Waals surface area (Å²) in [4.78, 5) is 0. The summed E-state index contributed by atoms with van der Waals surface area (Å²) in [5, 5.41) is 14.2. The number of hydrogen-bond donors (Lipinski definition) is 2. The van der Waals surface area contributed by atoms with Gasteiger partial charge in [-0.25, -0.2) is 0 Å². The van der Waals surface area contributed by atoms with Crippen LogP contribution in [-0.2, 0) is 0 Å². The Hall–Kier alpha value is -0.250. The van der Waals surface area contributed by atoms with Gasteiger partial charge >= 0.3 is 0 Å². The zero-order valence-corrected chi connectivity index (χ0v) is 15.1. The maximum atomic E-state index is 9.96. The average Bonchev–Trinajstić information content (AvgIpc) is 2.32. The Morgan fingerprint density at radius 2 is 1.75 bits per heavy atom. The first-order valence-corrected chi connectivity index (χ1v) is 8.29. The molecule has 2 N–H and O–H groups in total. The highest BCUT2D eigenvalue weighted by Crippen LogP contribution is 2.32. The van der Waals surface area contributed by atoms with Gasteiger partial charge in [0.15, 0.2) is 0 Å². The molecule has 20 heavy (non-hydrogen) atoms. The first kappa shape index (κ1) is 17.8. The van der Waals surface area contributed by atoms with Crippen LogP contribution >= 0.6 is 27.5 Å². The predicted octanol–water partition coefficient (Wildman–Crippen LogP) is 5.34. The molecule has 0 atom stereocenters. The molecule has 2 nitrogen and oxygen atoms in total. The third-order valence-electron chi connectivity index (χ3n) is 3.23. The number of hydrogen-bond acceptors (Lipinski definition) is 2. The summed E-state index contributed by atoms with van der Waals surface area (Å²) in [5.74, 6) is 1.04. The lowest BCUT2D eigenvalue weighted by atomic mass is 9.82. The summed E-state index contributed by atoms with van der Waals surface area (Å²) in [6.45, 7) is 8.87. The molecule has 0 bridgehead atoms. The molecule has 0 radical (unpaired) electrons. The Morgan fingerprint density at radius 1 is 1.20 bits per heavy atom. The van der Waals surface area contributed by atoms with Gasteiger partial charge in [0.05, 0.1) is 17.2 Å². The topological polar surface area (TPSA) is 32.3 Å². The molecule has 0 spiro atoms. The van der Waals surface area contributed by atoms with Gasteiger partial charge in [-0.2, -0.15) is 0 Å². The minimum atomic E-state index is -0.282. The molecule has 0 saturated carbocycles. The second kappa shape index (κ2) is 7.67. The number of aliphatic hydroxyl groups is 1. The van der Waals surface area contributed by atoms with Crippen LogP contribution in [0.5, 0.6) is 0 Å². The Labute approximate surface area is 136 Å². The maximum Gasteiger partial charge on any atom is 0.0661 e. The van der Waals surface area contributed by atoms with Crippen LogP contribution in [0, 0.1) is 11.8 Å². The zero-order chi connectivity index (χ0) is 15.3. The van der Waals surface area contributed by atoms with Crippen molar-refractivity contribution in [3.8, 4) is 0 Å². The van der Waals surface area contributed by atoms with Crippen molar-refractivity contribution in [3.63, 3.8) is 0 Å². The first-order valence-electron chi connectivity index (χ1n) is 7.12. The van der Waals surface area contributed by atoms with Gasteiger partial charge in [-0.1, -0.05) is 39.3 Å².